The van der Waals surface area contributed by atoms with Crippen molar-refractivity contribution < 1.29 is 18.0 Å². The average Bonchev–Trinajstić information content (AvgIpc) is 3.21. The van der Waals surface area contributed by atoms with Crippen molar-refractivity contribution in [2.75, 3.05) is 6.54 Å². The molecule has 0 radical (unpaired) electrons. The number of nitrogens with one attached hydrogen (secondary N) is 2. The molecule has 4 heterocycles. The molecule has 30 heavy (non-hydrogen) atoms. The largest absolute Gasteiger partial charge is 0.405 e. The molecule has 0 saturated carbocycles. The van der Waals surface area contributed by atoms with E-state index in [2.05, 4.69) is 46.7 Å². The molecule has 3 aliphatic heterocycles. The van der Waals surface area contributed by atoms with E-state index in [1.165, 1.54) is 35.8 Å². The number of urea groups is 1. The summed E-state index contributed by atoms with van der Waals surface area (Å²) >= 11 is 9.49. The van der Waals surface area contributed by atoms with Crippen LogP contribution < -0.4 is 10.6 Å². The van der Waals surface area contributed by atoms with Gasteiger partial charge in [-0.2, -0.15) is 23.4 Å². The molecule has 4 atom stereocenters. The van der Waals surface area contributed by atoms with Crippen molar-refractivity contribution in [3.63, 3.8) is 0 Å². The lowest BCUT2D eigenvalue weighted by Crippen LogP contribution is -2.69. The molecule has 1 aromatic rings. The van der Waals surface area contributed by atoms with Crippen LogP contribution in [0.25, 0.3) is 5.82 Å². The van der Waals surface area contributed by atoms with Crippen molar-refractivity contribution in [2.45, 2.75) is 36.8 Å². The van der Waals surface area contributed by atoms with Gasteiger partial charge in [-0.25, -0.2) is 9.79 Å². The zero-order chi connectivity index (χ0) is 21.5. The van der Waals surface area contributed by atoms with Crippen LogP contribution >= 0.6 is 27.5 Å². The molecule has 0 bridgehead atoms. The molecule has 14 heteroatoms. The van der Waals surface area contributed by atoms with Gasteiger partial charge in [-0.15, -0.1) is 4.80 Å². The Hall–Kier alpha value is -2.25. The minimum Gasteiger partial charge on any atom is -0.330 e. The van der Waals surface area contributed by atoms with Crippen LogP contribution in [0.15, 0.2) is 38.1 Å². The fourth-order valence-electron chi connectivity index (χ4n) is 3.36. The highest BCUT2D eigenvalue weighted by Gasteiger charge is 2.49. The number of rotatable bonds is 2. The van der Waals surface area contributed by atoms with Gasteiger partial charge in [-0.05, 0) is 0 Å². The summed E-state index contributed by atoms with van der Waals surface area (Å²) in [6.45, 7) is -0.557. The van der Waals surface area contributed by atoms with Gasteiger partial charge in [-0.3, -0.25) is 10.3 Å². The summed E-state index contributed by atoms with van der Waals surface area (Å²) in [4.78, 5) is 23.4. The summed E-state index contributed by atoms with van der Waals surface area (Å²) in [6.07, 6.45) is 2.93. The monoisotopic (exact) mass is 506 g/mol. The Kier molecular flexibility index (Phi) is 5.68. The number of carbonyl (C=O) groups excluding carboxylic acids is 1. The first kappa shape index (κ1) is 21.0. The number of halogens is 5. The number of nitrogens with zero attached hydrogens (tertiary/aromatic N) is 6. The lowest BCUT2D eigenvalue weighted by Gasteiger charge is -2.45. The zero-order valence-corrected chi connectivity index (χ0v) is 17.4. The summed E-state index contributed by atoms with van der Waals surface area (Å²) in [5.74, 6) is 0.319. The third-order valence-corrected chi connectivity index (χ3v) is 5.81. The molecular weight excluding hydrogens is 493 g/mol. The highest BCUT2D eigenvalue weighted by atomic mass is 79.9. The number of fused-ring (bicyclic) bond motifs is 1. The topological polar surface area (TPSA) is 99.8 Å². The van der Waals surface area contributed by atoms with E-state index in [4.69, 9.17) is 11.6 Å². The Balaban J connectivity index is 1.49. The minimum atomic E-state index is -4.52. The van der Waals surface area contributed by atoms with Gasteiger partial charge in [0, 0.05) is 36.1 Å². The van der Waals surface area contributed by atoms with Crippen molar-refractivity contribution >= 4 is 51.8 Å². The van der Waals surface area contributed by atoms with Gasteiger partial charge < -0.3 is 10.2 Å². The van der Waals surface area contributed by atoms with Crippen LogP contribution in [0.5, 0.6) is 0 Å². The van der Waals surface area contributed by atoms with Gasteiger partial charge >= 0.3 is 12.2 Å². The lowest BCUT2D eigenvalue weighted by atomic mass is 9.99. The number of hydrogen-bond acceptors (Lipinski definition) is 6. The highest BCUT2D eigenvalue weighted by molar-refractivity contribution is 9.11. The van der Waals surface area contributed by atoms with Gasteiger partial charge in [0.1, 0.15) is 6.04 Å². The van der Waals surface area contributed by atoms with E-state index in [1.54, 1.807) is 0 Å². The molecule has 2 N–H and O–H groups in total. The van der Waals surface area contributed by atoms with Gasteiger partial charge in [0.05, 0.1) is 35.6 Å². The number of alkyl halides is 3. The predicted molar refractivity (Wildman–Crippen MR) is 107 cm³/mol. The molecule has 0 spiro atoms. The first-order chi connectivity index (χ1) is 14.2. The number of piperazine rings is 1. The van der Waals surface area contributed by atoms with Crippen LogP contribution in [0.1, 0.15) is 6.42 Å². The first-order valence-electron chi connectivity index (χ1n) is 8.82. The van der Waals surface area contributed by atoms with Gasteiger partial charge in [-0.1, -0.05) is 27.5 Å². The number of amides is 2. The molecule has 9 nitrogen and oxygen atoms in total. The Morgan fingerprint density at radius 3 is 2.70 bits per heavy atom. The normalized spacial score (nSPS) is 29.0. The molecule has 2 amide bonds. The van der Waals surface area contributed by atoms with Crippen LogP contribution in [-0.4, -0.2) is 75.2 Å². The summed E-state index contributed by atoms with van der Waals surface area (Å²) in [5, 5.41) is 13.4. The molecule has 160 valence electrons. The molecule has 1 saturated heterocycles. The maximum atomic E-state index is 13.4. The Labute approximate surface area is 181 Å². The van der Waals surface area contributed by atoms with Crippen molar-refractivity contribution in [2.24, 2.45) is 9.98 Å². The molecule has 0 aliphatic carbocycles. The second kappa shape index (κ2) is 8.12. The third kappa shape index (κ3) is 4.14. The van der Waals surface area contributed by atoms with E-state index in [0.29, 0.717) is 15.3 Å². The number of aliphatic imine (C=N–C) groups is 2. The van der Waals surface area contributed by atoms with Crippen molar-refractivity contribution in [3.8, 4) is 0 Å². The second-order valence-corrected chi connectivity index (χ2v) is 8.15. The molecule has 1 aromatic heterocycles. The maximum absolute atomic E-state index is 13.4. The Bertz CT molecular complexity index is 945. The van der Waals surface area contributed by atoms with Crippen molar-refractivity contribution in [1.29, 1.82) is 0 Å². The molecular formula is C16H15BrClF3N8O. The zero-order valence-electron chi connectivity index (χ0n) is 15.1. The number of carbonyl (C=O) groups is 1. The van der Waals surface area contributed by atoms with Gasteiger partial charge in [0.15, 0.2) is 5.82 Å². The van der Waals surface area contributed by atoms with E-state index in [-0.39, 0.29) is 6.42 Å². The fraction of sp³-hybridized carbons (Fsp3) is 0.438. The number of aromatic nitrogens is 3. The molecule has 4 rings (SSSR count). The molecule has 1 fully saturated rings. The second-order valence-electron chi connectivity index (χ2n) is 6.78. The van der Waals surface area contributed by atoms with E-state index in [9.17, 15) is 18.0 Å². The quantitative estimate of drug-likeness (QED) is 0.640. The smallest absolute Gasteiger partial charge is 0.330 e. The van der Waals surface area contributed by atoms with E-state index in [1.807, 2.05) is 0 Å². The highest BCUT2D eigenvalue weighted by Crippen LogP contribution is 2.31. The van der Waals surface area contributed by atoms with Crippen molar-refractivity contribution in [1.82, 2.24) is 30.5 Å². The van der Waals surface area contributed by atoms with Crippen molar-refractivity contribution in [3.05, 3.63) is 28.1 Å². The minimum absolute atomic E-state index is 0.203. The van der Waals surface area contributed by atoms with E-state index < -0.39 is 42.9 Å². The van der Waals surface area contributed by atoms with Crippen LogP contribution in [-0.2, 0) is 0 Å². The van der Waals surface area contributed by atoms with Gasteiger partial charge in [0.25, 0.3) is 0 Å². The third-order valence-electron chi connectivity index (χ3n) is 4.79. The van der Waals surface area contributed by atoms with Crippen LogP contribution in [0.3, 0.4) is 0 Å². The van der Waals surface area contributed by atoms with Crippen LogP contribution in [0.2, 0.25) is 0 Å². The summed E-state index contributed by atoms with van der Waals surface area (Å²) in [5.41, 5.74) is 0. The average molecular weight is 508 g/mol. The lowest BCUT2D eigenvalue weighted by molar-refractivity contribution is -0.166. The number of hydrogen-bond donors (Lipinski definition) is 2. The Morgan fingerprint density at radius 2 is 2.03 bits per heavy atom. The van der Waals surface area contributed by atoms with Crippen LogP contribution in [0.4, 0.5) is 18.0 Å². The van der Waals surface area contributed by atoms with E-state index in [0.717, 1.165) is 4.90 Å². The molecule has 3 aliphatic rings. The van der Waals surface area contributed by atoms with Gasteiger partial charge in [0.2, 0.25) is 0 Å². The van der Waals surface area contributed by atoms with Crippen LogP contribution in [0, 0.1) is 0 Å². The SMILES string of the molecule is O=C(NC1C=NC(n2nccn2)=C(Cl)C1)N1CC(C(F)(F)F)NC2C(Br)=CN=CC21. The summed E-state index contributed by atoms with van der Waals surface area (Å²) in [6, 6.07) is -4.58. The summed E-state index contributed by atoms with van der Waals surface area (Å²) < 4.78 is 40.6. The standard InChI is InChI=1S/C16H15BrClF3N8O/c17-9-5-22-6-11-13(9)27-12(16(19,20)21)7-28(11)15(30)26-8-3-10(18)14(23-4-8)29-24-1-2-25-29/h1-2,4-6,8,11-13,27H,3,7H2,(H,26,30). The van der Waals surface area contributed by atoms with E-state index >= 15 is 0 Å². The first-order valence-corrected chi connectivity index (χ1v) is 9.99. The maximum Gasteiger partial charge on any atom is 0.405 e. The fourth-order valence-corrected chi connectivity index (χ4v) is 4.17. The molecule has 0 aromatic carbocycles. The summed E-state index contributed by atoms with van der Waals surface area (Å²) in [7, 11) is 0. The predicted octanol–water partition coefficient (Wildman–Crippen LogP) is 2.09. The molecule has 4 unspecified atom stereocenters. The Morgan fingerprint density at radius 1 is 1.30 bits per heavy atom.